The number of carbonyl (C=O) groups is 2. The molecule has 9 nitrogen and oxygen atoms in total. The molecule has 2 heterocycles. The SMILES string of the molecule is CCOC(=O)C1=C(COCCN2CCN(C(=S)NC)CC2)N=C(C)C(C(=O)OC)C1c1ccccc1Cl. The zero-order valence-corrected chi connectivity index (χ0v) is 23.4. The van der Waals surface area contributed by atoms with E-state index in [0.717, 1.165) is 37.8 Å². The Morgan fingerprint density at radius 1 is 1.22 bits per heavy atom. The number of nitrogens with one attached hydrogen (secondary N) is 1. The Morgan fingerprint density at radius 2 is 1.92 bits per heavy atom. The summed E-state index contributed by atoms with van der Waals surface area (Å²) in [5.74, 6) is -2.56. The Balaban J connectivity index is 1.80. The summed E-state index contributed by atoms with van der Waals surface area (Å²) in [6, 6.07) is 7.15. The number of carbonyl (C=O) groups excluding carboxylic acids is 2. The van der Waals surface area contributed by atoms with Crippen molar-refractivity contribution in [3.63, 3.8) is 0 Å². The summed E-state index contributed by atoms with van der Waals surface area (Å²) >= 11 is 11.9. The maximum atomic E-state index is 13.2. The van der Waals surface area contributed by atoms with Gasteiger partial charge in [0.25, 0.3) is 0 Å². The van der Waals surface area contributed by atoms with Gasteiger partial charge in [-0.15, -0.1) is 0 Å². The minimum Gasteiger partial charge on any atom is -0.468 e. The molecule has 3 rings (SSSR count). The lowest BCUT2D eigenvalue weighted by atomic mass is 9.75. The molecule has 1 fully saturated rings. The fourth-order valence-electron chi connectivity index (χ4n) is 4.68. The summed E-state index contributed by atoms with van der Waals surface area (Å²) in [5, 5.41) is 4.22. The molecule has 37 heavy (non-hydrogen) atoms. The summed E-state index contributed by atoms with van der Waals surface area (Å²) in [4.78, 5) is 35.2. The van der Waals surface area contributed by atoms with E-state index >= 15 is 0 Å². The van der Waals surface area contributed by atoms with E-state index in [1.165, 1.54) is 7.11 Å². The van der Waals surface area contributed by atoms with Gasteiger partial charge in [0.15, 0.2) is 5.11 Å². The zero-order valence-electron chi connectivity index (χ0n) is 21.8. The van der Waals surface area contributed by atoms with Crippen LogP contribution in [0.2, 0.25) is 5.02 Å². The third kappa shape index (κ3) is 7.07. The topological polar surface area (TPSA) is 92.7 Å². The van der Waals surface area contributed by atoms with Crippen LogP contribution in [0.4, 0.5) is 0 Å². The number of rotatable bonds is 9. The second-order valence-corrected chi connectivity index (χ2v) is 9.56. The van der Waals surface area contributed by atoms with E-state index in [1.54, 1.807) is 32.0 Å². The first-order chi connectivity index (χ1) is 17.8. The van der Waals surface area contributed by atoms with Crippen molar-refractivity contribution in [2.75, 3.05) is 66.7 Å². The molecule has 0 aromatic heterocycles. The lowest BCUT2D eigenvalue weighted by molar-refractivity contribution is -0.144. The van der Waals surface area contributed by atoms with Crippen LogP contribution >= 0.6 is 23.8 Å². The van der Waals surface area contributed by atoms with Crippen LogP contribution in [0.1, 0.15) is 25.3 Å². The number of halogens is 1. The predicted molar refractivity (Wildman–Crippen MR) is 147 cm³/mol. The minimum absolute atomic E-state index is 0.101. The molecule has 0 radical (unpaired) electrons. The monoisotopic (exact) mass is 550 g/mol. The lowest BCUT2D eigenvalue weighted by Gasteiger charge is -2.35. The van der Waals surface area contributed by atoms with E-state index in [4.69, 9.17) is 38.0 Å². The first kappa shape index (κ1) is 29.0. The van der Waals surface area contributed by atoms with Crippen molar-refractivity contribution in [3.05, 3.63) is 46.1 Å². The molecule has 1 aromatic carbocycles. The van der Waals surface area contributed by atoms with E-state index in [2.05, 4.69) is 20.1 Å². The molecule has 0 bridgehead atoms. The van der Waals surface area contributed by atoms with Gasteiger partial charge in [0.2, 0.25) is 0 Å². The highest BCUT2D eigenvalue weighted by molar-refractivity contribution is 7.80. The van der Waals surface area contributed by atoms with Gasteiger partial charge in [-0.25, -0.2) is 4.79 Å². The molecule has 1 aromatic rings. The van der Waals surface area contributed by atoms with Crippen LogP contribution in [0.25, 0.3) is 0 Å². The fourth-order valence-corrected chi connectivity index (χ4v) is 5.12. The van der Waals surface area contributed by atoms with Crippen molar-refractivity contribution in [2.45, 2.75) is 19.8 Å². The van der Waals surface area contributed by atoms with Gasteiger partial charge in [0, 0.05) is 56.4 Å². The normalized spacial score (nSPS) is 20.4. The highest BCUT2D eigenvalue weighted by Gasteiger charge is 2.43. The second kappa shape index (κ2) is 13.9. The Labute approximate surface area is 228 Å². The van der Waals surface area contributed by atoms with Crippen molar-refractivity contribution in [1.82, 2.24) is 15.1 Å². The van der Waals surface area contributed by atoms with Crippen LogP contribution in [0, 0.1) is 5.92 Å². The van der Waals surface area contributed by atoms with Crippen molar-refractivity contribution in [2.24, 2.45) is 10.9 Å². The number of esters is 2. The summed E-state index contributed by atoms with van der Waals surface area (Å²) in [7, 11) is 3.15. The van der Waals surface area contributed by atoms with Crippen LogP contribution in [0.5, 0.6) is 0 Å². The first-order valence-corrected chi connectivity index (χ1v) is 13.1. The molecule has 0 spiro atoms. The van der Waals surface area contributed by atoms with Gasteiger partial charge in [-0.2, -0.15) is 0 Å². The molecule has 1 N–H and O–H groups in total. The molecular formula is C26H35ClN4O5S. The fraction of sp³-hybridized carbons (Fsp3) is 0.538. The minimum atomic E-state index is -0.812. The summed E-state index contributed by atoms with van der Waals surface area (Å²) in [6.07, 6.45) is 0. The second-order valence-electron chi connectivity index (χ2n) is 8.77. The highest BCUT2D eigenvalue weighted by atomic mass is 35.5. The molecule has 2 atom stereocenters. The van der Waals surface area contributed by atoms with Crippen LogP contribution in [-0.4, -0.2) is 99.3 Å². The number of hydrogen-bond acceptors (Lipinski definition) is 8. The molecule has 2 unspecified atom stereocenters. The Kier molecular flexibility index (Phi) is 10.9. The molecule has 0 aliphatic carbocycles. The number of benzene rings is 1. The lowest BCUT2D eigenvalue weighted by Crippen LogP contribution is -2.51. The van der Waals surface area contributed by atoms with E-state index in [9.17, 15) is 9.59 Å². The maximum absolute atomic E-state index is 13.2. The molecular weight excluding hydrogens is 516 g/mol. The van der Waals surface area contributed by atoms with Gasteiger partial charge in [0.1, 0.15) is 5.92 Å². The van der Waals surface area contributed by atoms with Crippen LogP contribution < -0.4 is 5.32 Å². The van der Waals surface area contributed by atoms with Gasteiger partial charge < -0.3 is 24.4 Å². The van der Waals surface area contributed by atoms with Crippen LogP contribution in [0.15, 0.2) is 40.5 Å². The van der Waals surface area contributed by atoms with Gasteiger partial charge >= 0.3 is 11.9 Å². The zero-order chi connectivity index (χ0) is 26.9. The number of ether oxygens (including phenoxy) is 3. The molecule has 2 aliphatic rings. The van der Waals surface area contributed by atoms with Gasteiger partial charge in [-0.1, -0.05) is 29.8 Å². The third-order valence-corrected chi connectivity index (χ3v) is 7.38. The predicted octanol–water partition coefficient (Wildman–Crippen LogP) is 2.64. The molecule has 2 aliphatic heterocycles. The highest BCUT2D eigenvalue weighted by Crippen LogP contribution is 2.42. The Morgan fingerprint density at radius 3 is 2.54 bits per heavy atom. The number of methoxy groups -OCH3 is 1. The summed E-state index contributed by atoms with van der Waals surface area (Å²) < 4.78 is 16.5. The number of thiocarbonyl (C=S) groups is 1. The number of hydrogen-bond donors (Lipinski definition) is 1. The average molecular weight is 551 g/mol. The van der Waals surface area contributed by atoms with Gasteiger partial charge in [-0.05, 0) is 37.7 Å². The van der Waals surface area contributed by atoms with E-state index in [1.807, 2.05) is 13.1 Å². The van der Waals surface area contributed by atoms with Gasteiger partial charge in [0.05, 0.1) is 38.2 Å². The third-order valence-electron chi connectivity index (χ3n) is 6.57. The molecule has 202 valence electrons. The van der Waals surface area contributed by atoms with Crippen LogP contribution in [0.3, 0.4) is 0 Å². The Bertz CT molecular complexity index is 1060. The van der Waals surface area contributed by atoms with Crippen molar-refractivity contribution in [1.29, 1.82) is 0 Å². The molecule has 1 saturated heterocycles. The smallest absolute Gasteiger partial charge is 0.336 e. The number of nitrogens with zero attached hydrogens (tertiary/aromatic N) is 3. The van der Waals surface area contributed by atoms with E-state index < -0.39 is 23.8 Å². The largest absolute Gasteiger partial charge is 0.468 e. The van der Waals surface area contributed by atoms with Crippen molar-refractivity contribution >= 4 is 46.6 Å². The van der Waals surface area contributed by atoms with E-state index in [0.29, 0.717) is 28.6 Å². The first-order valence-electron chi connectivity index (χ1n) is 12.4. The number of piperazine rings is 1. The van der Waals surface area contributed by atoms with Crippen molar-refractivity contribution < 1.29 is 23.8 Å². The molecule has 0 amide bonds. The maximum Gasteiger partial charge on any atom is 0.336 e. The molecule has 11 heteroatoms. The van der Waals surface area contributed by atoms with Crippen LogP contribution in [-0.2, 0) is 23.8 Å². The number of aliphatic imine (C=N–C) groups is 1. The quantitative estimate of drug-likeness (QED) is 0.283. The van der Waals surface area contributed by atoms with Crippen molar-refractivity contribution in [3.8, 4) is 0 Å². The van der Waals surface area contributed by atoms with E-state index in [-0.39, 0.29) is 18.8 Å². The molecule has 0 saturated carbocycles. The standard InChI is InChI=1S/C26H35ClN4O5S/c1-5-36-25(33)23-20(16-35-15-14-30-10-12-31(13-11-30)26(37)28-3)29-17(2)21(24(32)34-4)22(23)18-8-6-7-9-19(18)27/h6-9,21-22H,5,10-16H2,1-4H3,(H,28,37). The van der Waals surface area contributed by atoms with Gasteiger partial charge in [-0.3, -0.25) is 14.7 Å². The summed E-state index contributed by atoms with van der Waals surface area (Å²) in [5.41, 5.74) is 1.86. The average Bonchev–Trinajstić information content (AvgIpc) is 2.90. The Hall–Kier alpha value is -2.53. The summed E-state index contributed by atoms with van der Waals surface area (Å²) in [6.45, 7) is 8.45.